The van der Waals surface area contributed by atoms with Crippen LogP contribution < -0.4 is 16.4 Å². The van der Waals surface area contributed by atoms with Gasteiger partial charge in [0.05, 0.1) is 25.8 Å². The molecule has 0 spiro atoms. The summed E-state index contributed by atoms with van der Waals surface area (Å²) in [6, 6.07) is 9.99. The number of nitrogens with zero attached hydrogens (tertiary/aromatic N) is 2. The second-order valence-corrected chi connectivity index (χ2v) is 4.79. The predicted molar refractivity (Wildman–Crippen MR) is 81.7 cm³/mol. The van der Waals surface area contributed by atoms with Gasteiger partial charge >= 0.3 is 0 Å². The maximum Gasteiger partial charge on any atom is 0.239 e. The lowest BCUT2D eigenvalue weighted by Gasteiger charge is -2.04. The molecule has 0 fully saturated rings. The number of nitrogens with two attached hydrogens (primary N) is 1. The SMILES string of the molecule is NCC(=O)NCC(=O)NCc1cnn(Cc2ccccc2)c1. The van der Waals surface area contributed by atoms with E-state index in [9.17, 15) is 9.59 Å². The van der Waals surface area contributed by atoms with Crippen LogP contribution in [0.2, 0.25) is 0 Å². The van der Waals surface area contributed by atoms with Crippen LogP contribution in [0.1, 0.15) is 11.1 Å². The lowest BCUT2D eigenvalue weighted by Crippen LogP contribution is -2.39. The van der Waals surface area contributed by atoms with E-state index in [1.165, 1.54) is 0 Å². The van der Waals surface area contributed by atoms with E-state index < -0.39 is 0 Å². The molecule has 2 rings (SSSR count). The molecule has 0 aliphatic heterocycles. The Kier molecular flexibility index (Phi) is 5.67. The maximum atomic E-state index is 11.5. The molecule has 7 nitrogen and oxygen atoms in total. The molecule has 0 bridgehead atoms. The molecule has 116 valence electrons. The number of hydrogen-bond acceptors (Lipinski definition) is 4. The van der Waals surface area contributed by atoms with Crippen LogP contribution in [0.15, 0.2) is 42.7 Å². The summed E-state index contributed by atoms with van der Waals surface area (Å²) in [5.41, 5.74) is 7.19. The third-order valence-corrected chi connectivity index (χ3v) is 3.00. The van der Waals surface area contributed by atoms with Crippen LogP contribution in [0.5, 0.6) is 0 Å². The van der Waals surface area contributed by atoms with Gasteiger partial charge in [-0.25, -0.2) is 0 Å². The standard InChI is InChI=1S/C15H19N5O2/c16-6-14(21)18-9-15(22)17-7-13-8-19-20(11-13)10-12-4-2-1-3-5-12/h1-5,8,11H,6-7,9-10,16H2,(H,17,22)(H,18,21). The Morgan fingerprint density at radius 2 is 1.86 bits per heavy atom. The fourth-order valence-corrected chi connectivity index (χ4v) is 1.87. The first-order valence-electron chi connectivity index (χ1n) is 6.96. The van der Waals surface area contributed by atoms with E-state index in [-0.39, 0.29) is 24.9 Å². The molecule has 1 aromatic heterocycles. The molecule has 7 heteroatoms. The highest BCUT2D eigenvalue weighted by Gasteiger charge is 2.05. The molecule has 0 radical (unpaired) electrons. The van der Waals surface area contributed by atoms with Gasteiger partial charge in [-0.15, -0.1) is 0 Å². The highest BCUT2D eigenvalue weighted by atomic mass is 16.2. The van der Waals surface area contributed by atoms with Gasteiger partial charge in [0.15, 0.2) is 0 Å². The molecule has 4 N–H and O–H groups in total. The van der Waals surface area contributed by atoms with Gasteiger partial charge in [0.2, 0.25) is 11.8 Å². The molecule has 0 atom stereocenters. The molecule has 0 saturated heterocycles. The number of amides is 2. The van der Waals surface area contributed by atoms with Crippen molar-refractivity contribution in [3.05, 3.63) is 53.9 Å². The van der Waals surface area contributed by atoms with Gasteiger partial charge in [-0.05, 0) is 5.56 Å². The predicted octanol–water partition coefficient (Wildman–Crippen LogP) is -0.377. The number of carbonyl (C=O) groups is 2. The van der Waals surface area contributed by atoms with Crippen LogP contribution in [0, 0.1) is 0 Å². The average Bonchev–Trinajstić information content (AvgIpc) is 2.99. The largest absolute Gasteiger partial charge is 0.350 e. The topological polar surface area (TPSA) is 102 Å². The molecule has 2 aromatic rings. The van der Waals surface area contributed by atoms with Gasteiger partial charge in [0.1, 0.15) is 0 Å². The second-order valence-electron chi connectivity index (χ2n) is 4.79. The third kappa shape index (κ3) is 5.02. The lowest BCUT2D eigenvalue weighted by atomic mass is 10.2. The minimum atomic E-state index is -0.356. The average molecular weight is 301 g/mol. The summed E-state index contributed by atoms with van der Waals surface area (Å²) >= 11 is 0. The van der Waals surface area contributed by atoms with E-state index in [4.69, 9.17) is 5.73 Å². The first kappa shape index (κ1) is 15.7. The third-order valence-electron chi connectivity index (χ3n) is 3.00. The van der Waals surface area contributed by atoms with Crippen LogP contribution in [0.4, 0.5) is 0 Å². The van der Waals surface area contributed by atoms with Crippen molar-refractivity contribution in [3.8, 4) is 0 Å². The Morgan fingerprint density at radius 1 is 1.09 bits per heavy atom. The number of aromatic nitrogens is 2. The van der Waals surface area contributed by atoms with E-state index in [1.807, 2.05) is 41.2 Å². The number of benzene rings is 1. The minimum absolute atomic E-state index is 0.0752. The minimum Gasteiger partial charge on any atom is -0.350 e. The Bertz CT molecular complexity index is 624. The number of rotatable bonds is 7. The quantitative estimate of drug-likeness (QED) is 0.649. The number of nitrogens with one attached hydrogen (secondary N) is 2. The normalized spacial score (nSPS) is 10.2. The molecule has 0 unspecified atom stereocenters. The van der Waals surface area contributed by atoms with Gasteiger partial charge in [-0.2, -0.15) is 5.10 Å². The van der Waals surface area contributed by atoms with Gasteiger partial charge in [-0.3, -0.25) is 14.3 Å². The summed E-state index contributed by atoms with van der Waals surface area (Å²) in [4.78, 5) is 22.5. The second kappa shape index (κ2) is 7.94. The fourth-order valence-electron chi connectivity index (χ4n) is 1.87. The smallest absolute Gasteiger partial charge is 0.239 e. The van der Waals surface area contributed by atoms with E-state index in [1.54, 1.807) is 6.20 Å². The molecule has 2 amide bonds. The summed E-state index contributed by atoms with van der Waals surface area (Å²) in [5.74, 6) is -0.622. The van der Waals surface area contributed by atoms with Crippen LogP contribution in [-0.4, -0.2) is 34.7 Å². The molecule has 0 saturated carbocycles. The van der Waals surface area contributed by atoms with Gasteiger partial charge in [0.25, 0.3) is 0 Å². The Labute approximate surface area is 128 Å². The zero-order valence-electron chi connectivity index (χ0n) is 12.2. The van der Waals surface area contributed by atoms with Crippen LogP contribution in [-0.2, 0) is 22.7 Å². The van der Waals surface area contributed by atoms with Gasteiger partial charge < -0.3 is 16.4 Å². The van der Waals surface area contributed by atoms with Crippen molar-refractivity contribution in [3.63, 3.8) is 0 Å². The number of hydrogen-bond donors (Lipinski definition) is 3. The summed E-state index contributed by atoms with van der Waals surface area (Å²) in [7, 11) is 0. The Balaban J connectivity index is 1.77. The van der Waals surface area contributed by atoms with Crippen molar-refractivity contribution in [1.82, 2.24) is 20.4 Å². The first-order valence-corrected chi connectivity index (χ1v) is 6.96. The van der Waals surface area contributed by atoms with Crippen LogP contribution >= 0.6 is 0 Å². The molecule has 0 aliphatic rings. The molecular formula is C15H19N5O2. The molecule has 22 heavy (non-hydrogen) atoms. The summed E-state index contributed by atoms with van der Waals surface area (Å²) in [6.45, 7) is 0.848. The van der Waals surface area contributed by atoms with E-state index in [2.05, 4.69) is 15.7 Å². The van der Waals surface area contributed by atoms with Crippen molar-refractivity contribution >= 4 is 11.8 Å². The summed E-state index contributed by atoms with van der Waals surface area (Å²) in [5, 5.41) is 9.37. The zero-order valence-corrected chi connectivity index (χ0v) is 12.2. The van der Waals surface area contributed by atoms with E-state index in [0.717, 1.165) is 11.1 Å². The highest BCUT2D eigenvalue weighted by molar-refractivity contribution is 5.85. The van der Waals surface area contributed by atoms with Gasteiger partial charge in [0, 0.05) is 18.3 Å². The monoisotopic (exact) mass is 301 g/mol. The van der Waals surface area contributed by atoms with Crippen molar-refractivity contribution in [1.29, 1.82) is 0 Å². The molecule has 1 aromatic carbocycles. The van der Waals surface area contributed by atoms with Crippen molar-refractivity contribution in [2.45, 2.75) is 13.1 Å². The van der Waals surface area contributed by atoms with E-state index >= 15 is 0 Å². The van der Waals surface area contributed by atoms with Crippen molar-refractivity contribution in [2.24, 2.45) is 5.73 Å². The highest BCUT2D eigenvalue weighted by Crippen LogP contribution is 2.03. The molecule has 0 aliphatic carbocycles. The summed E-state index contributed by atoms with van der Waals surface area (Å²) < 4.78 is 1.81. The molecular weight excluding hydrogens is 282 g/mol. The van der Waals surface area contributed by atoms with E-state index in [0.29, 0.717) is 13.1 Å². The van der Waals surface area contributed by atoms with Gasteiger partial charge in [-0.1, -0.05) is 30.3 Å². The zero-order chi connectivity index (χ0) is 15.8. The number of carbonyl (C=O) groups excluding carboxylic acids is 2. The summed E-state index contributed by atoms with van der Waals surface area (Å²) in [6.07, 6.45) is 3.59. The maximum absolute atomic E-state index is 11.5. The van der Waals surface area contributed by atoms with Crippen molar-refractivity contribution in [2.75, 3.05) is 13.1 Å². The Morgan fingerprint density at radius 3 is 2.59 bits per heavy atom. The first-order chi connectivity index (χ1) is 10.7. The molecule has 1 heterocycles. The van der Waals surface area contributed by atoms with Crippen molar-refractivity contribution < 1.29 is 9.59 Å². The van der Waals surface area contributed by atoms with Crippen LogP contribution in [0.3, 0.4) is 0 Å². The fraction of sp³-hybridized carbons (Fsp3) is 0.267. The lowest BCUT2D eigenvalue weighted by molar-refractivity contribution is -0.125. The van der Waals surface area contributed by atoms with Crippen LogP contribution in [0.25, 0.3) is 0 Å². The Hall–Kier alpha value is -2.67.